The highest BCUT2D eigenvalue weighted by Gasteiger charge is 2.22. The highest BCUT2D eigenvalue weighted by atomic mass is 32.2. The molecule has 1 aliphatic rings. The highest BCUT2D eigenvalue weighted by Crippen LogP contribution is 2.35. The summed E-state index contributed by atoms with van der Waals surface area (Å²) in [4.78, 5) is 6.14. The van der Waals surface area contributed by atoms with Gasteiger partial charge >= 0.3 is 0 Å². The summed E-state index contributed by atoms with van der Waals surface area (Å²) < 4.78 is 0.314. The van der Waals surface area contributed by atoms with Crippen molar-refractivity contribution in [2.45, 2.75) is 56.6 Å². The van der Waals surface area contributed by atoms with Gasteiger partial charge in [-0.05, 0) is 19.3 Å². The average molecular weight is 256 g/mol. The van der Waals surface area contributed by atoms with Crippen molar-refractivity contribution in [3.8, 4) is 0 Å². The molecular weight excluding hydrogens is 236 g/mol. The van der Waals surface area contributed by atoms with Gasteiger partial charge in [0, 0.05) is 21.4 Å². The van der Waals surface area contributed by atoms with Gasteiger partial charge in [-0.1, -0.05) is 20.8 Å². The molecule has 1 unspecified atom stereocenters. The molecule has 0 amide bonds. The molecule has 4 heteroatoms. The molecule has 16 heavy (non-hydrogen) atoms. The second kappa shape index (κ2) is 4.67. The maximum Gasteiger partial charge on any atom is 0.103 e. The zero-order valence-electron chi connectivity index (χ0n) is 10.2. The van der Waals surface area contributed by atoms with Gasteiger partial charge in [0.2, 0.25) is 0 Å². The van der Waals surface area contributed by atoms with Crippen LogP contribution in [0, 0.1) is 0 Å². The van der Waals surface area contributed by atoms with E-state index in [0.29, 0.717) is 4.75 Å². The predicted molar refractivity (Wildman–Crippen MR) is 73.0 cm³/mol. The van der Waals surface area contributed by atoms with Crippen LogP contribution >= 0.6 is 23.1 Å². The van der Waals surface area contributed by atoms with Crippen molar-refractivity contribution in [3.05, 3.63) is 15.6 Å². The summed E-state index contributed by atoms with van der Waals surface area (Å²) in [5.41, 5.74) is 7.26. The molecule has 0 saturated carbocycles. The van der Waals surface area contributed by atoms with Crippen molar-refractivity contribution in [2.75, 3.05) is 0 Å². The van der Waals surface area contributed by atoms with Crippen molar-refractivity contribution >= 4 is 23.1 Å². The summed E-state index contributed by atoms with van der Waals surface area (Å²) >= 11 is 3.83. The molecule has 1 aromatic rings. The van der Waals surface area contributed by atoms with Gasteiger partial charge < -0.3 is 5.73 Å². The Morgan fingerprint density at radius 1 is 1.50 bits per heavy atom. The van der Waals surface area contributed by atoms with Gasteiger partial charge in [0.15, 0.2) is 0 Å². The number of aryl methyl sites for hydroxylation is 1. The van der Waals surface area contributed by atoms with Crippen molar-refractivity contribution in [1.82, 2.24) is 4.98 Å². The number of rotatable bonds is 2. The quantitative estimate of drug-likeness (QED) is 0.880. The van der Waals surface area contributed by atoms with E-state index >= 15 is 0 Å². The van der Waals surface area contributed by atoms with Crippen molar-refractivity contribution in [3.63, 3.8) is 0 Å². The van der Waals surface area contributed by atoms with Gasteiger partial charge in [0.05, 0.1) is 5.69 Å². The van der Waals surface area contributed by atoms with Crippen LogP contribution in [0.2, 0.25) is 0 Å². The fraction of sp³-hybridized carbons (Fsp3) is 0.750. The minimum atomic E-state index is 0.188. The topological polar surface area (TPSA) is 38.9 Å². The Morgan fingerprint density at radius 3 is 2.88 bits per heavy atom. The standard InChI is InChI=1S/C12H20N2S2/c1-12(2,3)15-7-10-14-11-8(13)5-4-6-9(11)16-10/h8H,4-7,13H2,1-3H3. The van der Waals surface area contributed by atoms with E-state index in [0.717, 1.165) is 12.2 Å². The summed E-state index contributed by atoms with van der Waals surface area (Å²) in [6, 6.07) is 0.188. The molecule has 1 aromatic heterocycles. The van der Waals surface area contributed by atoms with Crippen LogP contribution in [0.15, 0.2) is 0 Å². The van der Waals surface area contributed by atoms with Gasteiger partial charge in [0.1, 0.15) is 5.01 Å². The molecule has 2 nitrogen and oxygen atoms in total. The second-order valence-electron chi connectivity index (χ2n) is 5.32. The number of nitrogens with zero attached hydrogens (tertiary/aromatic N) is 1. The van der Waals surface area contributed by atoms with E-state index in [4.69, 9.17) is 10.7 Å². The monoisotopic (exact) mass is 256 g/mol. The Kier molecular flexibility index (Phi) is 3.62. The van der Waals surface area contributed by atoms with Crippen LogP contribution < -0.4 is 5.73 Å². The van der Waals surface area contributed by atoms with Crippen LogP contribution in [0.1, 0.15) is 55.2 Å². The molecule has 0 bridgehead atoms. The van der Waals surface area contributed by atoms with Crippen LogP contribution in [0.25, 0.3) is 0 Å². The molecule has 0 fully saturated rings. The number of nitrogens with two attached hydrogens (primary N) is 1. The minimum Gasteiger partial charge on any atom is -0.323 e. The first kappa shape index (κ1) is 12.4. The van der Waals surface area contributed by atoms with Crippen molar-refractivity contribution in [2.24, 2.45) is 5.73 Å². The van der Waals surface area contributed by atoms with Crippen LogP contribution in [0.4, 0.5) is 0 Å². The average Bonchev–Trinajstić information content (AvgIpc) is 2.58. The molecule has 0 aliphatic heterocycles. The van der Waals surface area contributed by atoms with Crippen molar-refractivity contribution in [1.29, 1.82) is 0 Å². The van der Waals surface area contributed by atoms with Gasteiger partial charge in [0.25, 0.3) is 0 Å². The first-order chi connectivity index (χ1) is 7.46. The zero-order chi connectivity index (χ0) is 11.8. The fourth-order valence-electron chi connectivity index (χ4n) is 1.84. The van der Waals surface area contributed by atoms with E-state index in [1.54, 1.807) is 0 Å². The Balaban J connectivity index is 2.07. The lowest BCUT2D eigenvalue weighted by atomic mass is 9.99. The van der Waals surface area contributed by atoms with E-state index in [1.807, 2.05) is 23.1 Å². The molecule has 0 radical (unpaired) electrons. The molecule has 2 rings (SSSR count). The Labute approximate surface area is 106 Å². The lowest BCUT2D eigenvalue weighted by Crippen LogP contribution is -2.16. The SMILES string of the molecule is CC(C)(C)SCc1nc2c(s1)CCCC2N. The number of hydrogen-bond acceptors (Lipinski definition) is 4. The van der Waals surface area contributed by atoms with Crippen LogP contribution in [-0.2, 0) is 12.2 Å². The largest absolute Gasteiger partial charge is 0.323 e. The Bertz CT molecular complexity index is 366. The number of hydrogen-bond donors (Lipinski definition) is 1. The minimum absolute atomic E-state index is 0.188. The molecule has 1 atom stereocenters. The summed E-state index contributed by atoms with van der Waals surface area (Å²) in [6.07, 6.45) is 3.51. The molecule has 0 aromatic carbocycles. The number of aromatic nitrogens is 1. The Hall–Kier alpha value is -0.0600. The summed E-state index contributed by atoms with van der Waals surface area (Å²) in [7, 11) is 0. The molecule has 1 aliphatic carbocycles. The number of thioether (sulfide) groups is 1. The lowest BCUT2D eigenvalue weighted by Gasteiger charge is -2.16. The van der Waals surface area contributed by atoms with Crippen molar-refractivity contribution < 1.29 is 0 Å². The molecule has 0 spiro atoms. The molecule has 0 saturated heterocycles. The molecular formula is C12H20N2S2. The fourth-order valence-corrected chi connectivity index (χ4v) is 3.85. The molecule has 90 valence electrons. The van der Waals surface area contributed by atoms with Gasteiger partial charge in [-0.2, -0.15) is 0 Å². The lowest BCUT2D eigenvalue weighted by molar-refractivity contribution is 0.563. The summed E-state index contributed by atoms with van der Waals surface area (Å²) in [5, 5.41) is 1.25. The maximum atomic E-state index is 6.08. The van der Waals surface area contributed by atoms with Crippen LogP contribution in [0.5, 0.6) is 0 Å². The maximum absolute atomic E-state index is 6.08. The van der Waals surface area contributed by atoms with Gasteiger partial charge in [-0.15, -0.1) is 23.1 Å². The second-order valence-corrected chi connectivity index (χ2v) is 8.29. The van der Waals surface area contributed by atoms with E-state index < -0.39 is 0 Å². The third kappa shape index (κ3) is 2.99. The van der Waals surface area contributed by atoms with E-state index in [2.05, 4.69) is 20.8 Å². The molecule has 1 heterocycles. The van der Waals surface area contributed by atoms with Gasteiger partial charge in [-0.3, -0.25) is 0 Å². The third-order valence-corrected chi connectivity index (χ3v) is 5.27. The van der Waals surface area contributed by atoms with E-state index in [-0.39, 0.29) is 6.04 Å². The van der Waals surface area contributed by atoms with Gasteiger partial charge in [-0.25, -0.2) is 4.98 Å². The number of fused-ring (bicyclic) bond motifs is 1. The van der Waals surface area contributed by atoms with Crippen LogP contribution in [-0.4, -0.2) is 9.73 Å². The first-order valence-electron chi connectivity index (χ1n) is 5.84. The smallest absolute Gasteiger partial charge is 0.103 e. The van der Waals surface area contributed by atoms with E-state index in [1.165, 1.54) is 28.4 Å². The molecule has 2 N–H and O–H groups in total. The highest BCUT2D eigenvalue weighted by molar-refractivity contribution is 7.99. The predicted octanol–water partition coefficient (Wildman–Crippen LogP) is 3.51. The summed E-state index contributed by atoms with van der Waals surface area (Å²) in [6.45, 7) is 6.74. The Morgan fingerprint density at radius 2 is 2.25 bits per heavy atom. The normalized spacial score (nSPS) is 20.9. The third-order valence-electron chi connectivity index (χ3n) is 2.67. The van der Waals surface area contributed by atoms with E-state index in [9.17, 15) is 0 Å². The zero-order valence-corrected chi connectivity index (χ0v) is 11.9. The van der Waals surface area contributed by atoms with Crippen LogP contribution in [0.3, 0.4) is 0 Å². The first-order valence-corrected chi connectivity index (χ1v) is 7.64. The number of thiazole rings is 1. The summed E-state index contributed by atoms with van der Waals surface area (Å²) in [5.74, 6) is 1.02.